The molecule has 0 unspecified atom stereocenters. The molecule has 3 nitrogen and oxygen atoms in total. The van der Waals surface area contributed by atoms with E-state index in [-0.39, 0.29) is 11.3 Å². The minimum atomic E-state index is 0.0386. The first-order valence-electron chi connectivity index (χ1n) is 8.63. The minimum absolute atomic E-state index is 0.0386. The fraction of sp³-hybridized carbons (Fsp3) is 0.381. The fourth-order valence-electron chi connectivity index (χ4n) is 2.77. The quantitative estimate of drug-likeness (QED) is 0.786. The first-order chi connectivity index (χ1) is 11.4. The predicted octanol–water partition coefficient (Wildman–Crippen LogP) is 4.99. The zero-order valence-electron chi connectivity index (χ0n) is 15.1. The van der Waals surface area contributed by atoms with Gasteiger partial charge in [-0.05, 0) is 35.1 Å². The van der Waals surface area contributed by atoms with Crippen molar-refractivity contribution in [2.75, 3.05) is 17.2 Å². The Kier molecular flexibility index (Phi) is 6.02. The van der Waals surface area contributed by atoms with Crippen molar-refractivity contribution in [1.82, 2.24) is 0 Å². The predicted molar refractivity (Wildman–Crippen MR) is 103 cm³/mol. The normalized spacial score (nSPS) is 11.2. The maximum atomic E-state index is 12.2. The summed E-state index contributed by atoms with van der Waals surface area (Å²) in [5.41, 5.74) is 4.52. The van der Waals surface area contributed by atoms with Gasteiger partial charge < -0.3 is 10.6 Å². The van der Waals surface area contributed by atoms with E-state index in [1.54, 1.807) is 0 Å². The van der Waals surface area contributed by atoms with Gasteiger partial charge in [0, 0.05) is 24.3 Å². The van der Waals surface area contributed by atoms with Gasteiger partial charge in [0.25, 0.3) is 0 Å². The van der Waals surface area contributed by atoms with Crippen LogP contribution in [0.15, 0.2) is 48.5 Å². The van der Waals surface area contributed by atoms with Gasteiger partial charge >= 0.3 is 0 Å². The van der Waals surface area contributed by atoms with E-state index >= 15 is 0 Å². The first-order valence-corrected chi connectivity index (χ1v) is 8.63. The van der Waals surface area contributed by atoms with E-state index in [0.29, 0.717) is 13.0 Å². The van der Waals surface area contributed by atoms with E-state index in [2.05, 4.69) is 56.5 Å². The van der Waals surface area contributed by atoms with Crippen LogP contribution in [0.4, 0.5) is 11.4 Å². The van der Waals surface area contributed by atoms with Gasteiger partial charge in [0.1, 0.15) is 0 Å². The van der Waals surface area contributed by atoms with Gasteiger partial charge in [0.05, 0.1) is 0 Å². The number of carbonyl (C=O) groups excluding carboxylic acids is 1. The van der Waals surface area contributed by atoms with Gasteiger partial charge in [-0.3, -0.25) is 4.79 Å². The lowest BCUT2D eigenvalue weighted by atomic mass is 9.86. The third kappa shape index (κ3) is 4.85. The molecule has 0 aliphatic heterocycles. The summed E-state index contributed by atoms with van der Waals surface area (Å²) < 4.78 is 0. The molecule has 24 heavy (non-hydrogen) atoms. The first kappa shape index (κ1) is 18.1. The largest absolute Gasteiger partial charge is 0.384 e. The van der Waals surface area contributed by atoms with Gasteiger partial charge in [-0.25, -0.2) is 0 Å². The Hall–Kier alpha value is -2.29. The second-order valence-corrected chi connectivity index (χ2v) is 7.03. The number of para-hydroxylation sites is 2. The molecule has 0 radical (unpaired) electrons. The number of benzene rings is 2. The number of nitrogens with one attached hydrogen (secondary N) is 2. The van der Waals surface area contributed by atoms with E-state index in [0.717, 1.165) is 23.4 Å². The van der Waals surface area contributed by atoms with Crippen LogP contribution in [0, 0.1) is 0 Å². The summed E-state index contributed by atoms with van der Waals surface area (Å²) in [6.07, 6.45) is 1.35. The molecule has 2 rings (SSSR count). The summed E-state index contributed by atoms with van der Waals surface area (Å²) in [4.78, 5) is 12.2. The van der Waals surface area contributed by atoms with Crippen molar-refractivity contribution in [2.45, 2.75) is 46.0 Å². The van der Waals surface area contributed by atoms with Gasteiger partial charge in [0.2, 0.25) is 5.91 Å². The Morgan fingerprint density at radius 1 is 0.958 bits per heavy atom. The standard InChI is InChI=1S/C21H28N2O/c1-5-16-10-6-8-12-18(16)23-20(24)14-15-22-19-13-9-7-11-17(19)21(2,3)4/h6-13,22H,5,14-15H2,1-4H3,(H,23,24). The van der Waals surface area contributed by atoms with Gasteiger partial charge in [-0.1, -0.05) is 64.1 Å². The zero-order chi connectivity index (χ0) is 17.6. The van der Waals surface area contributed by atoms with Gasteiger partial charge in [0.15, 0.2) is 0 Å². The SMILES string of the molecule is CCc1ccccc1NC(=O)CCNc1ccccc1C(C)(C)C. The van der Waals surface area contributed by atoms with Crippen molar-refractivity contribution >= 4 is 17.3 Å². The van der Waals surface area contributed by atoms with Crippen molar-refractivity contribution in [1.29, 1.82) is 0 Å². The van der Waals surface area contributed by atoms with E-state index in [4.69, 9.17) is 0 Å². The molecule has 0 saturated heterocycles. The number of anilines is 2. The summed E-state index contributed by atoms with van der Waals surface area (Å²) in [5, 5.41) is 6.42. The van der Waals surface area contributed by atoms with Crippen LogP contribution in [-0.2, 0) is 16.6 Å². The summed E-state index contributed by atoms with van der Waals surface area (Å²) in [6, 6.07) is 16.2. The van der Waals surface area contributed by atoms with Crippen LogP contribution in [0.1, 0.15) is 45.2 Å². The molecule has 128 valence electrons. The molecular formula is C21H28N2O. The van der Waals surface area contributed by atoms with Crippen LogP contribution in [0.2, 0.25) is 0 Å². The van der Waals surface area contributed by atoms with Crippen molar-refractivity contribution in [3.05, 3.63) is 59.7 Å². The van der Waals surface area contributed by atoms with Crippen LogP contribution in [-0.4, -0.2) is 12.5 Å². The lowest BCUT2D eigenvalue weighted by Gasteiger charge is -2.23. The number of hydrogen-bond acceptors (Lipinski definition) is 2. The Morgan fingerprint density at radius 3 is 2.25 bits per heavy atom. The molecular weight excluding hydrogens is 296 g/mol. The smallest absolute Gasteiger partial charge is 0.226 e. The molecule has 0 heterocycles. The van der Waals surface area contributed by atoms with E-state index in [1.165, 1.54) is 5.56 Å². The van der Waals surface area contributed by atoms with Crippen molar-refractivity contribution in [3.63, 3.8) is 0 Å². The molecule has 0 spiro atoms. The molecule has 0 atom stereocenters. The highest BCUT2D eigenvalue weighted by Gasteiger charge is 2.17. The molecule has 2 aromatic carbocycles. The fourth-order valence-corrected chi connectivity index (χ4v) is 2.77. The van der Waals surface area contributed by atoms with Crippen LogP contribution in [0.25, 0.3) is 0 Å². The molecule has 0 fully saturated rings. The number of carbonyl (C=O) groups is 1. The van der Waals surface area contributed by atoms with Crippen LogP contribution >= 0.6 is 0 Å². The monoisotopic (exact) mass is 324 g/mol. The molecule has 0 bridgehead atoms. The second-order valence-electron chi connectivity index (χ2n) is 7.03. The van der Waals surface area contributed by atoms with E-state index < -0.39 is 0 Å². The molecule has 2 N–H and O–H groups in total. The molecule has 2 aromatic rings. The van der Waals surface area contributed by atoms with Crippen LogP contribution in [0.5, 0.6) is 0 Å². The molecule has 0 aromatic heterocycles. The van der Waals surface area contributed by atoms with Crippen molar-refractivity contribution in [3.8, 4) is 0 Å². The van der Waals surface area contributed by atoms with Crippen LogP contribution < -0.4 is 10.6 Å². The number of amides is 1. The summed E-state index contributed by atoms with van der Waals surface area (Å²) in [7, 11) is 0. The lowest BCUT2D eigenvalue weighted by molar-refractivity contribution is -0.115. The maximum Gasteiger partial charge on any atom is 0.226 e. The Morgan fingerprint density at radius 2 is 1.58 bits per heavy atom. The maximum absolute atomic E-state index is 12.2. The number of rotatable bonds is 6. The van der Waals surface area contributed by atoms with E-state index in [1.807, 2.05) is 30.3 Å². The van der Waals surface area contributed by atoms with Crippen LogP contribution in [0.3, 0.4) is 0 Å². The van der Waals surface area contributed by atoms with Crippen molar-refractivity contribution in [2.24, 2.45) is 0 Å². The van der Waals surface area contributed by atoms with Gasteiger partial charge in [-0.15, -0.1) is 0 Å². The topological polar surface area (TPSA) is 41.1 Å². The van der Waals surface area contributed by atoms with Gasteiger partial charge in [-0.2, -0.15) is 0 Å². The Bertz CT molecular complexity index is 686. The average molecular weight is 324 g/mol. The minimum Gasteiger partial charge on any atom is -0.384 e. The summed E-state index contributed by atoms with van der Waals surface area (Å²) >= 11 is 0. The third-order valence-corrected chi connectivity index (χ3v) is 4.07. The second kappa shape index (κ2) is 8.00. The number of hydrogen-bond donors (Lipinski definition) is 2. The summed E-state index contributed by atoms with van der Waals surface area (Å²) in [6.45, 7) is 9.30. The lowest BCUT2D eigenvalue weighted by Crippen LogP contribution is -2.19. The van der Waals surface area contributed by atoms with Crippen molar-refractivity contribution < 1.29 is 4.79 Å². The molecule has 1 amide bonds. The highest BCUT2D eigenvalue weighted by Crippen LogP contribution is 2.29. The third-order valence-electron chi connectivity index (χ3n) is 4.07. The summed E-state index contributed by atoms with van der Waals surface area (Å²) in [5.74, 6) is 0.0386. The zero-order valence-corrected chi connectivity index (χ0v) is 15.1. The van der Waals surface area contributed by atoms with E-state index in [9.17, 15) is 4.79 Å². The molecule has 0 aliphatic carbocycles. The molecule has 0 saturated carbocycles. The Balaban J connectivity index is 1.92. The average Bonchev–Trinajstić information content (AvgIpc) is 2.55. The molecule has 3 heteroatoms. The number of aryl methyl sites for hydroxylation is 1. The Labute approximate surface area is 145 Å². The highest BCUT2D eigenvalue weighted by atomic mass is 16.1. The molecule has 0 aliphatic rings. The highest BCUT2D eigenvalue weighted by molar-refractivity contribution is 5.91.